The Morgan fingerprint density at radius 1 is 0.941 bits per heavy atom. The summed E-state index contributed by atoms with van der Waals surface area (Å²) in [5.74, 6) is -1.31. The van der Waals surface area contributed by atoms with E-state index in [-0.39, 0.29) is 11.1 Å². The van der Waals surface area contributed by atoms with Gasteiger partial charge in [-0.05, 0) is 95.0 Å². The van der Waals surface area contributed by atoms with Gasteiger partial charge < -0.3 is 4.90 Å². The van der Waals surface area contributed by atoms with Gasteiger partial charge in [-0.25, -0.2) is 9.69 Å². The highest BCUT2D eigenvalue weighted by molar-refractivity contribution is 6.39. The number of hydrogen-bond acceptors (Lipinski definition) is 4. The predicted molar refractivity (Wildman–Crippen MR) is 137 cm³/mol. The van der Waals surface area contributed by atoms with Crippen LogP contribution in [0.1, 0.15) is 56.9 Å². The minimum Gasteiger partial charge on any atom is -0.360 e. The molecule has 1 N–H and O–H groups in total. The summed E-state index contributed by atoms with van der Waals surface area (Å²) in [6.45, 7) is 14.6. The van der Waals surface area contributed by atoms with Crippen molar-refractivity contribution in [1.82, 2.24) is 5.32 Å². The molecular formula is C28H31N3O3. The zero-order valence-electron chi connectivity index (χ0n) is 20.8. The van der Waals surface area contributed by atoms with Crippen LogP contribution < -0.4 is 15.1 Å². The van der Waals surface area contributed by atoms with Crippen LogP contribution >= 0.6 is 0 Å². The molecule has 0 aromatic heterocycles. The second kappa shape index (κ2) is 8.28. The topological polar surface area (TPSA) is 69.7 Å². The maximum atomic E-state index is 13.4. The number of allylic oxidation sites excluding steroid dienone is 1. The lowest BCUT2D eigenvalue weighted by atomic mass is 9.85. The van der Waals surface area contributed by atoms with Crippen LogP contribution in [0.2, 0.25) is 0 Å². The van der Waals surface area contributed by atoms with Crippen LogP contribution in [0.3, 0.4) is 0 Å². The van der Waals surface area contributed by atoms with E-state index >= 15 is 0 Å². The highest BCUT2D eigenvalue weighted by Gasteiger charge is 2.38. The van der Waals surface area contributed by atoms with E-state index in [9.17, 15) is 14.4 Å². The molecule has 0 atom stereocenters. The molecule has 0 spiro atoms. The van der Waals surface area contributed by atoms with E-state index in [1.807, 2.05) is 32.0 Å². The van der Waals surface area contributed by atoms with Gasteiger partial charge in [0.25, 0.3) is 11.8 Å². The molecule has 1 fully saturated rings. The molecule has 0 radical (unpaired) electrons. The monoisotopic (exact) mass is 457 g/mol. The third-order valence-electron chi connectivity index (χ3n) is 6.53. The molecule has 4 rings (SSSR count). The summed E-state index contributed by atoms with van der Waals surface area (Å²) in [4.78, 5) is 42.0. The number of barbiturate groups is 1. The molecule has 0 bridgehead atoms. The number of nitrogens with one attached hydrogen (secondary N) is 1. The highest BCUT2D eigenvalue weighted by atomic mass is 16.2. The van der Waals surface area contributed by atoms with Crippen molar-refractivity contribution in [2.45, 2.75) is 60.0 Å². The first-order chi connectivity index (χ1) is 15.9. The minimum atomic E-state index is -0.739. The lowest BCUT2D eigenvalue weighted by Crippen LogP contribution is -2.54. The number of carbonyl (C=O) groups excluding carboxylic acids is 3. The summed E-state index contributed by atoms with van der Waals surface area (Å²) in [6, 6.07) is 10.8. The Balaban J connectivity index is 1.82. The number of benzene rings is 2. The van der Waals surface area contributed by atoms with Gasteiger partial charge in [-0.2, -0.15) is 0 Å². The molecule has 4 amide bonds. The number of hydrogen-bond donors (Lipinski definition) is 1. The van der Waals surface area contributed by atoms with E-state index in [4.69, 9.17) is 0 Å². The van der Waals surface area contributed by atoms with Crippen molar-refractivity contribution in [3.63, 3.8) is 0 Å². The van der Waals surface area contributed by atoms with Crippen molar-refractivity contribution >= 4 is 40.9 Å². The molecule has 2 heterocycles. The van der Waals surface area contributed by atoms with Gasteiger partial charge in [0.05, 0.1) is 11.2 Å². The number of urea groups is 1. The van der Waals surface area contributed by atoms with Crippen molar-refractivity contribution < 1.29 is 14.4 Å². The van der Waals surface area contributed by atoms with Gasteiger partial charge in [-0.15, -0.1) is 0 Å². The van der Waals surface area contributed by atoms with Gasteiger partial charge in [-0.1, -0.05) is 24.3 Å². The number of rotatable bonds is 3. The van der Waals surface area contributed by atoms with E-state index in [1.165, 1.54) is 0 Å². The molecule has 2 aliphatic rings. The summed E-state index contributed by atoms with van der Waals surface area (Å²) < 4.78 is 0. The fourth-order valence-electron chi connectivity index (χ4n) is 5.16. The number of amides is 4. The van der Waals surface area contributed by atoms with Crippen LogP contribution in [0.25, 0.3) is 11.6 Å². The quantitative estimate of drug-likeness (QED) is 0.496. The molecule has 0 aliphatic carbocycles. The van der Waals surface area contributed by atoms with Crippen LogP contribution in [-0.2, 0) is 9.59 Å². The minimum absolute atomic E-state index is 0.0654. The van der Waals surface area contributed by atoms with Crippen LogP contribution in [0.5, 0.6) is 0 Å². The second-order valence-corrected chi connectivity index (χ2v) is 9.92. The molecule has 2 aromatic rings. The molecule has 176 valence electrons. The van der Waals surface area contributed by atoms with E-state index < -0.39 is 17.8 Å². The Hall–Kier alpha value is -3.67. The van der Waals surface area contributed by atoms with Crippen LogP contribution in [0, 0.1) is 13.8 Å². The molecule has 6 heteroatoms. The van der Waals surface area contributed by atoms with Crippen molar-refractivity contribution in [2.24, 2.45) is 0 Å². The number of carbonyl (C=O) groups is 3. The average Bonchev–Trinajstić information content (AvgIpc) is 2.72. The summed E-state index contributed by atoms with van der Waals surface area (Å²) in [5, 5.41) is 2.32. The van der Waals surface area contributed by atoms with Gasteiger partial charge in [0.1, 0.15) is 5.57 Å². The van der Waals surface area contributed by atoms with E-state index in [1.54, 1.807) is 18.2 Å². The van der Waals surface area contributed by atoms with E-state index in [2.05, 4.69) is 57.0 Å². The summed E-state index contributed by atoms with van der Waals surface area (Å²) in [7, 11) is 0. The maximum absolute atomic E-state index is 13.4. The Morgan fingerprint density at radius 3 is 2.26 bits per heavy atom. The summed E-state index contributed by atoms with van der Waals surface area (Å²) in [5.41, 5.74) is 6.09. The van der Waals surface area contributed by atoms with Gasteiger partial charge >= 0.3 is 6.03 Å². The molecule has 34 heavy (non-hydrogen) atoms. The van der Waals surface area contributed by atoms with Crippen LogP contribution in [-0.4, -0.2) is 29.4 Å². The molecule has 0 unspecified atom stereocenters. The standard InChI is InChI=1S/C28H31N3O3/c1-16(2)31-24-12-18(4)20(13-21(24)19(5)15-28(31,6)7)14-22-25(32)29-27(34)30(26(22)33)23-11-9-8-10-17(23)3/h8-16H,1-7H3,(H,29,32,34)/b22-14+. The second-order valence-electron chi connectivity index (χ2n) is 9.92. The third-order valence-corrected chi connectivity index (χ3v) is 6.53. The molecule has 0 saturated carbocycles. The smallest absolute Gasteiger partial charge is 0.335 e. The Labute approximate surface area is 200 Å². The number of fused-ring (bicyclic) bond motifs is 1. The van der Waals surface area contributed by atoms with Gasteiger partial charge in [0, 0.05) is 17.3 Å². The Kier molecular flexibility index (Phi) is 5.72. The number of anilines is 2. The zero-order valence-corrected chi connectivity index (χ0v) is 20.8. The molecule has 2 aliphatic heterocycles. The fourth-order valence-corrected chi connectivity index (χ4v) is 5.16. The Bertz CT molecular complexity index is 1280. The first-order valence-electron chi connectivity index (χ1n) is 11.5. The van der Waals surface area contributed by atoms with E-state index in [0.717, 1.165) is 38.4 Å². The van der Waals surface area contributed by atoms with Crippen molar-refractivity contribution in [3.8, 4) is 0 Å². The number of aryl methyl sites for hydroxylation is 2. The molecular weight excluding hydrogens is 426 g/mol. The fraction of sp³-hybridized carbons (Fsp3) is 0.321. The van der Waals surface area contributed by atoms with Gasteiger partial charge in [-0.3, -0.25) is 14.9 Å². The van der Waals surface area contributed by atoms with Gasteiger partial charge in [0.2, 0.25) is 0 Å². The number of imide groups is 2. The summed E-state index contributed by atoms with van der Waals surface area (Å²) in [6.07, 6.45) is 3.84. The molecule has 1 saturated heterocycles. The first-order valence-corrected chi connectivity index (χ1v) is 11.5. The Morgan fingerprint density at radius 2 is 1.62 bits per heavy atom. The number of para-hydroxylation sites is 1. The highest BCUT2D eigenvalue weighted by Crippen LogP contribution is 2.42. The largest absolute Gasteiger partial charge is 0.360 e. The van der Waals surface area contributed by atoms with Crippen molar-refractivity contribution in [3.05, 3.63) is 70.3 Å². The lowest BCUT2D eigenvalue weighted by Gasteiger charge is -2.46. The zero-order chi connectivity index (χ0) is 24.9. The van der Waals surface area contributed by atoms with Gasteiger partial charge in [0.15, 0.2) is 0 Å². The van der Waals surface area contributed by atoms with Crippen molar-refractivity contribution in [1.29, 1.82) is 0 Å². The third kappa shape index (κ3) is 3.83. The van der Waals surface area contributed by atoms with Crippen molar-refractivity contribution in [2.75, 3.05) is 9.80 Å². The lowest BCUT2D eigenvalue weighted by molar-refractivity contribution is -0.122. The van der Waals surface area contributed by atoms with Crippen LogP contribution in [0.15, 0.2) is 48.0 Å². The van der Waals surface area contributed by atoms with E-state index in [0.29, 0.717) is 11.7 Å². The predicted octanol–water partition coefficient (Wildman–Crippen LogP) is 5.38. The first kappa shape index (κ1) is 23.5. The van der Waals surface area contributed by atoms with Crippen LogP contribution in [0.4, 0.5) is 16.2 Å². The molecule has 2 aromatic carbocycles. The molecule has 6 nitrogen and oxygen atoms in total. The normalized spacial score (nSPS) is 18.9. The maximum Gasteiger partial charge on any atom is 0.335 e. The SMILES string of the molecule is CC1=CC(C)(C)N(C(C)C)c2cc(C)c(/C=C3\C(=O)NC(=O)N(c4ccccc4C)C3=O)cc21. The summed E-state index contributed by atoms with van der Waals surface area (Å²) >= 11 is 0. The average molecular weight is 458 g/mol. The number of nitrogens with zero attached hydrogens (tertiary/aromatic N) is 2.